The molecule has 0 N–H and O–H groups in total. The Kier molecular flexibility index (Phi) is 7.05. The third-order valence-corrected chi connectivity index (χ3v) is 7.29. The fourth-order valence-electron chi connectivity index (χ4n) is 3.81. The molecular formula is C24H37N3O4Si. The molecule has 2 heterocycles. The van der Waals surface area contributed by atoms with Crippen LogP contribution < -0.4 is 5.69 Å². The first-order valence-corrected chi connectivity index (χ1v) is 15.0. The standard InChI is InChI=1S/C24H37N3O4Si/c1-24(2,3)31-23(29)26-13-11-18(12-14-26)19-9-8-10-20-21(19)25(4)22(28)27(20)17-30-15-16-32(5,6)7/h8-11H,12-17H2,1-7H3. The van der Waals surface area contributed by atoms with E-state index < -0.39 is 13.7 Å². The predicted octanol–water partition coefficient (Wildman–Crippen LogP) is 4.68. The molecule has 7 nitrogen and oxygen atoms in total. The molecule has 0 atom stereocenters. The molecule has 0 bridgehead atoms. The van der Waals surface area contributed by atoms with Gasteiger partial charge < -0.3 is 14.4 Å². The number of carbonyl (C=O) groups is 1. The van der Waals surface area contributed by atoms with Gasteiger partial charge in [0, 0.05) is 40.4 Å². The Morgan fingerprint density at radius 2 is 1.91 bits per heavy atom. The maximum absolute atomic E-state index is 13.0. The molecular weight excluding hydrogens is 422 g/mol. The number of aryl methyl sites for hydroxylation is 1. The van der Waals surface area contributed by atoms with E-state index in [0.717, 1.165) is 28.2 Å². The predicted molar refractivity (Wildman–Crippen MR) is 132 cm³/mol. The van der Waals surface area contributed by atoms with Gasteiger partial charge in [-0.15, -0.1) is 0 Å². The van der Waals surface area contributed by atoms with E-state index in [1.165, 1.54) is 0 Å². The summed E-state index contributed by atoms with van der Waals surface area (Å²) in [6, 6.07) is 7.07. The second-order valence-electron chi connectivity index (χ2n) is 10.7. The van der Waals surface area contributed by atoms with Crippen LogP contribution in [0.2, 0.25) is 25.7 Å². The van der Waals surface area contributed by atoms with Crippen LogP contribution in [0.25, 0.3) is 16.6 Å². The van der Waals surface area contributed by atoms with Crippen LogP contribution in [0.1, 0.15) is 32.8 Å². The van der Waals surface area contributed by atoms with Gasteiger partial charge in [-0.25, -0.2) is 9.59 Å². The molecule has 1 aliphatic rings. The van der Waals surface area contributed by atoms with Crippen molar-refractivity contribution < 1.29 is 14.3 Å². The average molecular weight is 460 g/mol. The van der Waals surface area contributed by atoms with Crippen molar-refractivity contribution in [2.75, 3.05) is 19.7 Å². The van der Waals surface area contributed by atoms with Gasteiger partial charge in [-0.3, -0.25) is 9.13 Å². The molecule has 32 heavy (non-hydrogen) atoms. The topological polar surface area (TPSA) is 65.7 Å². The number of imidazole rings is 1. The van der Waals surface area contributed by atoms with E-state index >= 15 is 0 Å². The van der Waals surface area contributed by atoms with Crippen molar-refractivity contribution in [2.45, 2.75) is 65.2 Å². The third kappa shape index (κ3) is 5.72. The highest BCUT2D eigenvalue weighted by molar-refractivity contribution is 6.76. The van der Waals surface area contributed by atoms with Crippen molar-refractivity contribution >= 4 is 30.8 Å². The number of ether oxygens (including phenoxy) is 2. The fourth-order valence-corrected chi connectivity index (χ4v) is 4.56. The first-order valence-electron chi connectivity index (χ1n) is 11.3. The zero-order chi connectivity index (χ0) is 23.7. The van der Waals surface area contributed by atoms with E-state index in [9.17, 15) is 9.59 Å². The lowest BCUT2D eigenvalue weighted by molar-refractivity contribution is 0.0270. The third-order valence-electron chi connectivity index (χ3n) is 5.58. The smallest absolute Gasteiger partial charge is 0.410 e. The number of hydrogen-bond donors (Lipinski definition) is 0. The summed E-state index contributed by atoms with van der Waals surface area (Å²) in [5, 5.41) is 0. The Hall–Kier alpha value is -2.32. The maximum atomic E-state index is 13.0. The monoisotopic (exact) mass is 459 g/mol. The van der Waals surface area contributed by atoms with E-state index in [1.54, 1.807) is 14.0 Å². The minimum atomic E-state index is -1.18. The van der Waals surface area contributed by atoms with Crippen molar-refractivity contribution in [3.05, 3.63) is 40.3 Å². The van der Waals surface area contributed by atoms with Crippen LogP contribution in [0, 0.1) is 0 Å². The highest BCUT2D eigenvalue weighted by Gasteiger charge is 2.25. The van der Waals surface area contributed by atoms with Crippen molar-refractivity contribution in [2.24, 2.45) is 7.05 Å². The number of hydrogen-bond acceptors (Lipinski definition) is 4. The molecule has 8 heteroatoms. The quantitative estimate of drug-likeness (QED) is 0.465. The van der Waals surface area contributed by atoms with E-state index in [-0.39, 0.29) is 18.5 Å². The number of amides is 1. The summed E-state index contributed by atoms with van der Waals surface area (Å²) in [5.41, 5.74) is 3.37. The first-order chi connectivity index (χ1) is 14.9. The Morgan fingerprint density at radius 1 is 1.19 bits per heavy atom. The van der Waals surface area contributed by atoms with E-state index in [4.69, 9.17) is 9.47 Å². The molecule has 1 aromatic heterocycles. The van der Waals surface area contributed by atoms with Gasteiger partial charge in [-0.2, -0.15) is 0 Å². The summed E-state index contributed by atoms with van der Waals surface area (Å²) < 4.78 is 14.8. The van der Waals surface area contributed by atoms with Gasteiger partial charge in [-0.1, -0.05) is 37.8 Å². The summed E-state index contributed by atoms with van der Waals surface area (Å²) in [6.45, 7) is 14.6. The molecule has 0 spiro atoms. The van der Waals surface area contributed by atoms with Gasteiger partial charge in [0.1, 0.15) is 12.3 Å². The van der Waals surface area contributed by atoms with Crippen LogP contribution in [-0.2, 0) is 23.3 Å². The van der Waals surface area contributed by atoms with Crippen molar-refractivity contribution in [1.82, 2.24) is 14.0 Å². The molecule has 3 rings (SSSR count). The lowest BCUT2D eigenvalue weighted by Gasteiger charge is -2.29. The lowest BCUT2D eigenvalue weighted by Crippen LogP contribution is -2.39. The Bertz CT molecular complexity index is 1070. The molecule has 1 aromatic carbocycles. The molecule has 2 aromatic rings. The van der Waals surface area contributed by atoms with Crippen LogP contribution in [0.3, 0.4) is 0 Å². The summed E-state index contributed by atoms with van der Waals surface area (Å²) in [6.07, 6.45) is 2.49. The van der Waals surface area contributed by atoms with E-state index in [2.05, 4.69) is 25.7 Å². The number of para-hydroxylation sites is 1. The molecule has 0 saturated heterocycles. The van der Waals surface area contributed by atoms with Crippen LogP contribution in [-0.4, -0.2) is 53.5 Å². The first kappa shape index (κ1) is 24.3. The fraction of sp³-hybridized carbons (Fsp3) is 0.583. The molecule has 0 unspecified atom stereocenters. The van der Waals surface area contributed by atoms with Gasteiger partial charge in [-0.05, 0) is 44.9 Å². The van der Waals surface area contributed by atoms with Crippen molar-refractivity contribution in [3.8, 4) is 0 Å². The zero-order valence-electron chi connectivity index (χ0n) is 20.5. The molecule has 0 radical (unpaired) electrons. The number of aromatic nitrogens is 2. The molecule has 176 valence electrons. The molecule has 0 aliphatic carbocycles. The second-order valence-corrected chi connectivity index (χ2v) is 16.3. The zero-order valence-corrected chi connectivity index (χ0v) is 21.5. The van der Waals surface area contributed by atoms with Gasteiger partial charge in [0.15, 0.2) is 0 Å². The van der Waals surface area contributed by atoms with Crippen LogP contribution >= 0.6 is 0 Å². The van der Waals surface area contributed by atoms with Gasteiger partial charge in [0.05, 0.1) is 11.0 Å². The second kappa shape index (κ2) is 9.27. The minimum Gasteiger partial charge on any atom is -0.444 e. The summed E-state index contributed by atoms with van der Waals surface area (Å²) in [4.78, 5) is 27.0. The van der Waals surface area contributed by atoms with Crippen LogP contribution in [0.5, 0.6) is 0 Å². The SMILES string of the molecule is Cn1c(=O)n(COCC[Si](C)(C)C)c2cccc(C3=CCN(C(=O)OC(C)(C)C)CC3)c21. The lowest BCUT2D eigenvalue weighted by atomic mass is 9.98. The minimum absolute atomic E-state index is 0.0766. The Balaban J connectivity index is 1.82. The number of fused-ring (bicyclic) bond motifs is 1. The highest BCUT2D eigenvalue weighted by atomic mass is 28.3. The highest BCUT2D eigenvalue weighted by Crippen LogP contribution is 2.29. The normalized spacial score (nSPS) is 15.2. The molecule has 1 aliphatic heterocycles. The van der Waals surface area contributed by atoms with Crippen LogP contribution in [0.15, 0.2) is 29.1 Å². The number of carbonyl (C=O) groups excluding carboxylic acids is 1. The number of rotatable bonds is 6. The van der Waals surface area contributed by atoms with E-state index in [1.807, 2.05) is 46.0 Å². The largest absolute Gasteiger partial charge is 0.444 e. The van der Waals surface area contributed by atoms with E-state index in [0.29, 0.717) is 26.1 Å². The maximum Gasteiger partial charge on any atom is 0.410 e. The van der Waals surface area contributed by atoms with Gasteiger partial charge >= 0.3 is 11.8 Å². The summed E-state index contributed by atoms with van der Waals surface area (Å²) in [5.74, 6) is 0. The van der Waals surface area contributed by atoms with Crippen molar-refractivity contribution in [1.29, 1.82) is 0 Å². The Morgan fingerprint density at radius 3 is 2.50 bits per heavy atom. The summed E-state index contributed by atoms with van der Waals surface area (Å²) in [7, 11) is 0.630. The molecule has 0 saturated carbocycles. The number of nitrogens with zero attached hydrogens (tertiary/aromatic N) is 3. The van der Waals surface area contributed by atoms with Gasteiger partial charge in [0.2, 0.25) is 0 Å². The van der Waals surface area contributed by atoms with Crippen molar-refractivity contribution in [3.63, 3.8) is 0 Å². The molecule has 0 fully saturated rings. The number of benzene rings is 1. The van der Waals surface area contributed by atoms with Gasteiger partial charge in [0.25, 0.3) is 0 Å². The van der Waals surface area contributed by atoms with Crippen LogP contribution in [0.4, 0.5) is 4.79 Å². The Labute approximate surface area is 191 Å². The average Bonchev–Trinajstić information content (AvgIpc) is 2.94. The summed E-state index contributed by atoms with van der Waals surface area (Å²) >= 11 is 0. The molecule has 1 amide bonds.